The maximum atomic E-state index is 12.9. The minimum absolute atomic E-state index is 0.114. The third kappa shape index (κ3) is 2.97. The molecule has 146 valence electrons. The molecule has 29 heavy (non-hydrogen) atoms. The molecule has 2 fully saturated rings. The summed E-state index contributed by atoms with van der Waals surface area (Å²) in [5, 5.41) is 0.580. The predicted octanol–water partition coefficient (Wildman–Crippen LogP) is 4.01. The highest BCUT2D eigenvalue weighted by atomic mass is 35.5. The number of ether oxygens (including phenoxy) is 1. The summed E-state index contributed by atoms with van der Waals surface area (Å²) in [6.45, 7) is 0.114. The van der Waals surface area contributed by atoms with E-state index in [4.69, 9.17) is 16.3 Å². The Bertz CT molecular complexity index is 1020. The molecule has 1 heterocycles. The number of carbonyl (C=O) groups is 3. The van der Waals surface area contributed by atoms with Crippen LogP contribution < -0.4 is 4.90 Å². The lowest BCUT2D eigenvalue weighted by Gasteiger charge is -2.17. The van der Waals surface area contributed by atoms with E-state index >= 15 is 0 Å². The first-order valence-corrected chi connectivity index (χ1v) is 9.98. The summed E-state index contributed by atoms with van der Waals surface area (Å²) in [5.74, 6) is -0.866. The van der Waals surface area contributed by atoms with Crippen LogP contribution >= 0.6 is 11.6 Å². The average Bonchev–Trinajstić information content (AvgIpc) is 3.40. The number of benzene rings is 2. The first kappa shape index (κ1) is 18.1. The molecule has 2 aliphatic carbocycles. The topological polar surface area (TPSA) is 63.7 Å². The number of carbonyl (C=O) groups excluding carboxylic acids is 3. The Kier molecular flexibility index (Phi) is 4.28. The third-order valence-electron chi connectivity index (χ3n) is 6.09. The molecule has 3 aliphatic rings. The van der Waals surface area contributed by atoms with Gasteiger partial charge in [-0.1, -0.05) is 35.9 Å². The molecule has 5 rings (SSSR count). The summed E-state index contributed by atoms with van der Waals surface area (Å²) in [7, 11) is 0. The van der Waals surface area contributed by atoms with Gasteiger partial charge in [0.25, 0.3) is 0 Å². The van der Waals surface area contributed by atoms with Crippen LogP contribution in [0.3, 0.4) is 0 Å². The van der Waals surface area contributed by atoms with Crippen LogP contribution in [0.1, 0.15) is 22.3 Å². The first-order valence-electron chi connectivity index (χ1n) is 9.61. The van der Waals surface area contributed by atoms with Crippen LogP contribution in [0.5, 0.6) is 0 Å². The van der Waals surface area contributed by atoms with E-state index in [0.717, 1.165) is 12.0 Å². The number of halogens is 1. The van der Waals surface area contributed by atoms with E-state index in [2.05, 4.69) is 12.2 Å². The van der Waals surface area contributed by atoms with Crippen LogP contribution in [0.25, 0.3) is 0 Å². The number of hydrogen-bond donors (Lipinski definition) is 0. The molecule has 2 bridgehead atoms. The average molecular weight is 408 g/mol. The summed E-state index contributed by atoms with van der Waals surface area (Å²) in [6.07, 6.45) is 5.04. The second-order valence-electron chi connectivity index (χ2n) is 7.76. The van der Waals surface area contributed by atoms with Gasteiger partial charge in [-0.05, 0) is 60.2 Å². The fraction of sp³-hybridized carbons (Fsp3) is 0.261. The van der Waals surface area contributed by atoms with Crippen LogP contribution in [0.15, 0.2) is 60.7 Å². The highest BCUT2D eigenvalue weighted by Gasteiger charge is 2.59. The Morgan fingerprint density at radius 2 is 1.66 bits per heavy atom. The van der Waals surface area contributed by atoms with Gasteiger partial charge >= 0.3 is 5.97 Å². The van der Waals surface area contributed by atoms with Gasteiger partial charge in [0, 0.05) is 5.02 Å². The van der Waals surface area contributed by atoms with Gasteiger partial charge < -0.3 is 4.74 Å². The van der Waals surface area contributed by atoms with Crippen molar-refractivity contribution >= 4 is 35.1 Å². The minimum Gasteiger partial charge on any atom is -0.457 e. The molecule has 1 saturated heterocycles. The Hall–Kier alpha value is -2.92. The van der Waals surface area contributed by atoms with Crippen molar-refractivity contribution in [2.75, 3.05) is 4.90 Å². The van der Waals surface area contributed by atoms with Crippen molar-refractivity contribution < 1.29 is 19.1 Å². The van der Waals surface area contributed by atoms with Gasteiger partial charge in [0.15, 0.2) is 0 Å². The molecule has 2 amide bonds. The number of amides is 2. The van der Waals surface area contributed by atoms with Gasteiger partial charge in [-0.2, -0.15) is 0 Å². The number of anilines is 1. The first-order chi connectivity index (χ1) is 14.0. The number of fused-ring (bicyclic) bond motifs is 5. The third-order valence-corrected chi connectivity index (χ3v) is 6.33. The second-order valence-corrected chi connectivity index (χ2v) is 8.20. The lowest BCUT2D eigenvalue weighted by Crippen LogP contribution is -2.32. The smallest absolute Gasteiger partial charge is 0.338 e. The number of imide groups is 1. The lowest BCUT2D eigenvalue weighted by molar-refractivity contribution is -0.123. The molecular weight excluding hydrogens is 390 g/mol. The van der Waals surface area contributed by atoms with Crippen LogP contribution in [0.2, 0.25) is 5.02 Å². The fourth-order valence-electron chi connectivity index (χ4n) is 4.76. The molecule has 0 radical (unpaired) electrons. The summed E-state index contributed by atoms with van der Waals surface area (Å²) >= 11 is 5.93. The second kappa shape index (κ2) is 6.85. The number of rotatable bonds is 4. The Morgan fingerprint density at radius 3 is 2.28 bits per heavy atom. The van der Waals surface area contributed by atoms with E-state index in [1.807, 2.05) is 6.07 Å². The molecule has 6 heteroatoms. The fourth-order valence-corrected chi connectivity index (χ4v) is 4.98. The van der Waals surface area contributed by atoms with Crippen molar-refractivity contribution in [1.82, 2.24) is 0 Å². The number of esters is 1. The van der Waals surface area contributed by atoms with Gasteiger partial charge in [0.2, 0.25) is 11.8 Å². The van der Waals surface area contributed by atoms with Gasteiger partial charge in [-0.25, -0.2) is 4.79 Å². The van der Waals surface area contributed by atoms with Crippen LogP contribution in [-0.4, -0.2) is 17.8 Å². The van der Waals surface area contributed by atoms with Crippen LogP contribution in [0, 0.1) is 23.7 Å². The molecule has 4 atom stereocenters. The Labute approximate surface area is 172 Å². The van der Waals surface area contributed by atoms with Crippen LogP contribution in [0.4, 0.5) is 5.69 Å². The molecule has 0 aromatic heterocycles. The van der Waals surface area contributed by atoms with Gasteiger partial charge in [-0.3, -0.25) is 14.5 Å². The lowest BCUT2D eigenvalue weighted by atomic mass is 9.85. The minimum atomic E-state index is -0.477. The molecule has 1 saturated carbocycles. The Balaban J connectivity index is 1.29. The van der Waals surface area contributed by atoms with E-state index in [1.54, 1.807) is 42.5 Å². The maximum Gasteiger partial charge on any atom is 0.338 e. The summed E-state index contributed by atoms with van der Waals surface area (Å²) < 4.78 is 5.32. The van der Waals surface area contributed by atoms with Crippen LogP contribution in [-0.2, 0) is 20.9 Å². The molecule has 1 aliphatic heterocycles. The van der Waals surface area contributed by atoms with E-state index in [1.165, 1.54) is 4.90 Å². The Morgan fingerprint density at radius 1 is 1.00 bits per heavy atom. The zero-order chi connectivity index (χ0) is 20.1. The largest absolute Gasteiger partial charge is 0.457 e. The predicted molar refractivity (Wildman–Crippen MR) is 107 cm³/mol. The van der Waals surface area contributed by atoms with E-state index in [0.29, 0.717) is 16.3 Å². The number of nitrogens with zero attached hydrogens (tertiary/aromatic N) is 1. The zero-order valence-electron chi connectivity index (χ0n) is 15.5. The molecule has 0 unspecified atom stereocenters. The van der Waals surface area contributed by atoms with Gasteiger partial charge in [0.1, 0.15) is 6.61 Å². The monoisotopic (exact) mass is 407 g/mol. The van der Waals surface area contributed by atoms with Crippen molar-refractivity contribution in [1.29, 1.82) is 0 Å². The van der Waals surface area contributed by atoms with Crippen molar-refractivity contribution in [2.45, 2.75) is 13.0 Å². The van der Waals surface area contributed by atoms with E-state index < -0.39 is 5.97 Å². The van der Waals surface area contributed by atoms with Crippen molar-refractivity contribution in [2.24, 2.45) is 23.7 Å². The normalized spacial score (nSPS) is 26.9. The SMILES string of the molecule is O=C(OCc1cccc(Cl)c1)c1ccc(N2C(=O)[C@H]3[C@H](C2=O)[C@H]2C=C[C@H]3C2)cc1. The van der Waals surface area contributed by atoms with Gasteiger partial charge in [0.05, 0.1) is 23.1 Å². The highest BCUT2D eigenvalue weighted by Crippen LogP contribution is 2.53. The number of hydrogen-bond acceptors (Lipinski definition) is 4. The summed E-state index contributed by atoms with van der Waals surface area (Å²) in [5.41, 5.74) is 1.66. The van der Waals surface area contributed by atoms with Crippen molar-refractivity contribution in [3.63, 3.8) is 0 Å². The summed E-state index contributed by atoms with van der Waals surface area (Å²) in [4.78, 5) is 39.3. The van der Waals surface area contributed by atoms with Crippen molar-refractivity contribution in [3.05, 3.63) is 76.8 Å². The molecule has 2 aromatic carbocycles. The molecular formula is C23H18ClNO4. The molecule has 0 N–H and O–H groups in total. The van der Waals surface area contributed by atoms with E-state index in [9.17, 15) is 14.4 Å². The number of allylic oxidation sites excluding steroid dienone is 2. The quantitative estimate of drug-likeness (QED) is 0.436. The van der Waals surface area contributed by atoms with Gasteiger partial charge in [-0.15, -0.1) is 0 Å². The van der Waals surface area contributed by atoms with E-state index in [-0.39, 0.29) is 42.1 Å². The molecule has 5 nitrogen and oxygen atoms in total. The highest BCUT2D eigenvalue weighted by molar-refractivity contribution is 6.30. The maximum absolute atomic E-state index is 12.9. The standard InChI is InChI=1S/C23H18ClNO4/c24-17-3-1-2-13(10-17)12-29-23(28)14-6-8-18(9-7-14)25-21(26)19-15-4-5-16(11-15)20(19)22(25)27/h1-10,15-16,19-20H,11-12H2/t15-,16-,19+,20+/m0/s1. The molecule has 2 aromatic rings. The summed E-state index contributed by atoms with van der Waals surface area (Å²) in [6, 6.07) is 13.5. The zero-order valence-corrected chi connectivity index (χ0v) is 16.2. The van der Waals surface area contributed by atoms with Crippen molar-refractivity contribution in [3.8, 4) is 0 Å². The molecule has 0 spiro atoms.